The lowest BCUT2D eigenvalue weighted by atomic mass is 10.0. The number of alkyl halides is 2. The van der Waals surface area contributed by atoms with Gasteiger partial charge in [-0.2, -0.15) is 0 Å². The lowest BCUT2D eigenvalue weighted by molar-refractivity contribution is 0.148. The van der Waals surface area contributed by atoms with Crippen molar-refractivity contribution in [2.75, 3.05) is 0 Å². The Morgan fingerprint density at radius 2 is 1.52 bits per heavy atom. The van der Waals surface area contributed by atoms with Crippen molar-refractivity contribution < 1.29 is 13.5 Å². The molecule has 1 aliphatic rings. The van der Waals surface area contributed by atoms with Crippen LogP contribution in [0.4, 0.5) is 8.78 Å². The molecule has 4 rings (SSSR count). The van der Waals surface area contributed by atoms with Crippen LogP contribution in [-0.4, -0.2) is 0 Å². The smallest absolute Gasteiger partial charge is 0.267 e. The van der Waals surface area contributed by atoms with Crippen molar-refractivity contribution in [3.05, 3.63) is 83.4 Å². The highest BCUT2D eigenvalue weighted by Crippen LogP contribution is 2.46. The van der Waals surface area contributed by atoms with Crippen LogP contribution in [0.2, 0.25) is 0 Å². The first-order valence-electron chi connectivity index (χ1n) is 7.49. The van der Waals surface area contributed by atoms with Crippen molar-refractivity contribution in [2.45, 2.75) is 12.8 Å². The first-order valence-corrected chi connectivity index (χ1v) is 7.49. The van der Waals surface area contributed by atoms with Crippen molar-refractivity contribution >= 4 is 0 Å². The summed E-state index contributed by atoms with van der Waals surface area (Å²) < 4.78 is 32.8. The molecular weight excluding hydrogens is 294 g/mol. The van der Waals surface area contributed by atoms with E-state index in [-0.39, 0.29) is 5.56 Å². The Kier molecular flexibility index (Phi) is 3.34. The number of rotatable bonds is 3. The molecule has 0 radical (unpaired) electrons. The monoisotopic (exact) mass is 308 g/mol. The van der Waals surface area contributed by atoms with Gasteiger partial charge in [0, 0.05) is 12.0 Å². The van der Waals surface area contributed by atoms with Gasteiger partial charge >= 0.3 is 0 Å². The first-order chi connectivity index (χ1) is 11.2. The predicted octanol–water partition coefficient (Wildman–Crippen LogP) is 5.99. The van der Waals surface area contributed by atoms with Gasteiger partial charge < -0.3 is 4.74 Å². The third-order valence-corrected chi connectivity index (χ3v) is 4.16. The van der Waals surface area contributed by atoms with Crippen molar-refractivity contribution in [1.82, 2.24) is 0 Å². The number of fused-ring (bicyclic) bond motifs is 3. The van der Waals surface area contributed by atoms with Gasteiger partial charge in [-0.1, -0.05) is 48.5 Å². The van der Waals surface area contributed by atoms with Crippen molar-refractivity contribution in [1.29, 1.82) is 0 Å². The second kappa shape index (κ2) is 5.51. The minimum absolute atomic E-state index is 0.0552. The van der Waals surface area contributed by atoms with Gasteiger partial charge in [0.05, 0.1) is 5.56 Å². The number of hydrogen-bond acceptors (Lipinski definition) is 1. The molecule has 0 N–H and O–H groups in total. The second-order valence-corrected chi connectivity index (χ2v) is 5.56. The Morgan fingerprint density at radius 3 is 2.30 bits per heavy atom. The minimum atomic E-state index is -2.57. The third kappa shape index (κ3) is 2.38. The summed E-state index contributed by atoms with van der Waals surface area (Å²) in [5.74, 6) is 0.860. The van der Waals surface area contributed by atoms with Crippen LogP contribution in [0.1, 0.15) is 23.1 Å². The van der Waals surface area contributed by atoms with E-state index in [1.165, 1.54) is 6.07 Å². The van der Waals surface area contributed by atoms with Gasteiger partial charge in [-0.15, -0.1) is 0 Å². The van der Waals surface area contributed by atoms with E-state index in [1.807, 2.05) is 42.5 Å². The highest BCUT2D eigenvalue weighted by Gasteiger charge is 2.27. The predicted molar refractivity (Wildman–Crippen MR) is 86.2 cm³/mol. The van der Waals surface area contributed by atoms with E-state index in [4.69, 9.17) is 4.74 Å². The quantitative estimate of drug-likeness (QED) is 0.452. The van der Waals surface area contributed by atoms with E-state index in [9.17, 15) is 8.78 Å². The SMILES string of the molecule is FC(F)c1ccc2c(c1Oc1ccccc1)Cc1ccccc1-2. The normalized spacial score (nSPS) is 12.1. The maximum atomic E-state index is 13.4. The molecule has 3 heteroatoms. The second-order valence-electron chi connectivity index (χ2n) is 5.56. The van der Waals surface area contributed by atoms with Crippen LogP contribution in [0, 0.1) is 0 Å². The van der Waals surface area contributed by atoms with E-state index in [2.05, 4.69) is 0 Å². The summed E-state index contributed by atoms with van der Waals surface area (Å²) in [4.78, 5) is 0. The van der Waals surface area contributed by atoms with Crippen LogP contribution in [0.3, 0.4) is 0 Å². The molecule has 3 aromatic rings. The van der Waals surface area contributed by atoms with Crippen LogP contribution in [-0.2, 0) is 6.42 Å². The number of ether oxygens (including phenoxy) is 1. The molecule has 0 heterocycles. The Bertz CT molecular complexity index is 857. The highest BCUT2D eigenvalue weighted by molar-refractivity contribution is 5.80. The number of halogens is 2. The zero-order valence-electron chi connectivity index (χ0n) is 12.3. The van der Waals surface area contributed by atoms with Gasteiger partial charge in [0.25, 0.3) is 6.43 Å². The molecule has 0 aromatic heterocycles. The number of benzene rings is 3. The van der Waals surface area contributed by atoms with Crippen LogP contribution in [0.25, 0.3) is 11.1 Å². The maximum Gasteiger partial charge on any atom is 0.267 e. The average Bonchev–Trinajstić information content (AvgIpc) is 2.95. The molecule has 114 valence electrons. The Balaban J connectivity index is 1.87. The summed E-state index contributed by atoms with van der Waals surface area (Å²) in [6.45, 7) is 0. The lowest BCUT2D eigenvalue weighted by Crippen LogP contribution is -1.97. The summed E-state index contributed by atoms with van der Waals surface area (Å²) in [5, 5.41) is 0. The molecular formula is C20H14F2O. The average molecular weight is 308 g/mol. The summed E-state index contributed by atoms with van der Waals surface area (Å²) >= 11 is 0. The van der Waals surface area contributed by atoms with E-state index in [1.54, 1.807) is 18.2 Å². The molecule has 0 fully saturated rings. The van der Waals surface area contributed by atoms with Crippen LogP contribution in [0.15, 0.2) is 66.7 Å². The van der Waals surface area contributed by atoms with Crippen molar-refractivity contribution in [3.63, 3.8) is 0 Å². The number of hydrogen-bond donors (Lipinski definition) is 0. The molecule has 0 saturated carbocycles. The summed E-state index contributed by atoms with van der Waals surface area (Å²) in [6, 6.07) is 20.3. The zero-order chi connectivity index (χ0) is 15.8. The summed E-state index contributed by atoms with van der Waals surface area (Å²) in [5.41, 5.74) is 4.01. The van der Waals surface area contributed by atoms with Crippen LogP contribution < -0.4 is 4.74 Å². The van der Waals surface area contributed by atoms with Gasteiger partial charge in [0.1, 0.15) is 11.5 Å². The standard InChI is InChI=1S/C20H14F2O/c21-20(22)17-11-10-16-15-9-5-4-6-13(15)12-18(16)19(17)23-14-7-2-1-3-8-14/h1-11,20H,12H2. The van der Waals surface area contributed by atoms with E-state index >= 15 is 0 Å². The van der Waals surface area contributed by atoms with Crippen LogP contribution >= 0.6 is 0 Å². The number of para-hydroxylation sites is 1. The maximum absolute atomic E-state index is 13.4. The molecule has 0 unspecified atom stereocenters. The highest BCUT2D eigenvalue weighted by atomic mass is 19.3. The van der Waals surface area contributed by atoms with Gasteiger partial charge in [-0.25, -0.2) is 8.78 Å². The molecule has 23 heavy (non-hydrogen) atoms. The van der Waals surface area contributed by atoms with E-state index < -0.39 is 6.43 Å². The van der Waals surface area contributed by atoms with Gasteiger partial charge in [-0.05, 0) is 34.9 Å². The summed E-state index contributed by atoms with van der Waals surface area (Å²) in [7, 11) is 0. The third-order valence-electron chi connectivity index (χ3n) is 4.16. The van der Waals surface area contributed by atoms with Gasteiger partial charge in [-0.3, -0.25) is 0 Å². The minimum Gasteiger partial charge on any atom is -0.457 e. The summed E-state index contributed by atoms with van der Waals surface area (Å²) in [6.07, 6.45) is -1.95. The Hall–Kier alpha value is -2.68. The van der Waals surface area contributed by atoms with Gasteiger partial charge in [0.15, 0.2) is 0 Å². The molecule has 0 bridgehead atoms. The zero-order valence-corrected chi connectivity index (χ0v) is 12.3. The van der Waals surface area contributed by atoms with E-state index in [0.717, 1.165) is 22.3 Å². The molecule has 0 aliphatic heterocycles. The largest absolute Gasteiger partial charge is 0.457 e. The molecule has 0 atom stereocenters. The molecule has 3 aromatic carbocycles. The molecule has 0 spiro atoms. The molecule has 0 amide bonds. The van der Waals surface area contributed by atoms with Crippen LogP contribution in [0.5, 0.6) is 11.5 Å². The van der Waals surface area contributed by atoms with Crippen molar-refractivity contribution in [3.8, 4) is 22.6 Å². The first kappa shape index (κ1) is 13.9. The lowest BCUT2D eigenvalue weighted by Gasteiger charge is -2.15. The molecule has 1 aliphatic carbocycles. The Labute approximate surface area is 133 Å². The van der Waals surface area contributed by atoms with E-state index in [0.29, 0.717) is 17.9 Å². The Morgan fingerprint density at radius 1 is 0.783 bits per heavy atom. The van der Waals surface area contributed by atoms with Crippen molar-refractivity contribution in [2.24, 2.45) is 0 Å². The molecule has 0 saturated heterocycles. The fourth-order valence-electron chi connectivity index (χ4n) is 3.10. The fourth-order valence-corrected chi connectivity index (χ4v) is 3.10. The molecule has 1 nitrogen and oxygen atoms in total. The topological polar surface area (TPSA) is 9.23 Å². The van der Waals surface area contributed by atoms with Gasteiger partial charge in [0.2, 0.25) is 0 Å². The fraction of sp³-hybridized carbons (Fsp3) is 0.100.